The van der Waals surface area contributed by atoms with Crippen molar-refractivity contribution in [1.29, 1.82) is 0 Å². The molecule has 0 unspecified atom stereocenters. The maximum Gasteiger partial charge on any atom is 0.278 e. The molecule has 0 saturated carbocycles. The summed E-state index contributed by atoms with van der Waals surface area (Å²) in [4.78, 5) is 18.7. The van der Waals surface area contributed by atoms with E-state index in [0.717, 1.165) is 35.9 Å². The number of nitrogens with zero attached hydrogens (tertiary/aromatic N) is 2. The van der Waals surface area contributed by atoms with Crippen molar-refractivity contribution in [2.75, 3.05) is 12.3 Å². The topological polar surface area (TPSA) is 32.7 Å². The van der Waals surface area contributed by atoms with Crippen LogP contribution in [0.3, 0.4) is 0 Å². The zero-order chi connectivity index (χ0) is 14.4. The summed E-state index contributed by atoms with van der Waals surface area (Å²) in [6.45, 7) is 4.95. The zero-order valence-corrected chi connectivity index (χ0v) is 12.8. The molecule has 0 atom stereocenters. The third kappa shape index (κ3) is 3.51. The molecule has 1 amide bonds. The standard InChI is InChI=1S/C16H20N2OS/c1-3-10-18-15(19)14(17-16(18)20-11-4-2)12-13-8-6-5-7-9-13/h5-9,12H,3-4,10-11H2,1-2H3/b14-12+. The molecular weight excluding hydrogens is 268 g/mol. The largest absolute Gasteiger partial charge is 0.286 e. The molecule has 0 bridgehead atoms. The third-order valence-corrected chi connectivity index (χ3v) is 4.08. The van der Waals surface area contributed by atoms with Crippen LogP contribution in [0.15, 0.2) is 41.0 Å². The number of amidine groups is 1. The first-order valence-electron chi connectivity index (χ1n) is 7.06. The quantitative estimate of drug-likeness (QED) is 0.772. The predicted octanol–water partition coefficient (Wildman–Crippen LogP) is 3.78. The number of aliphatic imine (C=N–C) groups is 1. The monoisotopic (exact) mass is 288 g/mol. The zero-order valence-electron chi connectivity index (χ0n) is 12.0. The van der Waals surface area contributed by atoms with Crippen LogP contribution in [0, 0.1) is 0 Å². The van der Waals surface area contributed by atoms with Crippen LogP contribution in [0.1, 0.15) is 32.3 Å². The molecule has 1 aromatic rings. The van der Waals surface area contributed by atoms with Gasteiger partial charge in [-0.05, 0) is 24.5 Å². The van der Waals surface area contributed by atoms with E-state index < -0.39 is 0 Å². The van der Waals surface area contributed by atoms with Crippen molar-refractivity contribution in [3.63, 3.8) is 0 Å². The smallest absolute Gasteiger partial charge is 0.278 e. The molecule has 0 N–H and O–H groups in total. The summed E-state index contributed by atoms with van der Waals surface area (Å²) in [6.07, 6.45) is 3.89. The van der Waals surface area contributed by atoms with Gasteiger partial charge < -0.3 is 0 Å². The number of hydrogen-bond donors (Lipinski definition) is 0. The summed E-state index contributed by atoms with van der Waals surface area (Å²) in [7, 11) is 0. The Morgan fingerprint density at radius 2 is 1.95 bits per heavy atom. The van der Waals surface area contributed by atoms with Gasteiger partial charge in [0.05, 0.1) is 0 Å². The van der Waals surface area contributed by atoms with E-state index in [0.29, 0.717) is 5.70 Å². The Labute approximate surface area is 124 Å². The second-order valence-corrected chi connectivity index (χ2v) is 5.70. The molecule has 0 aromatic heterocycles. The maximum absolute atomic E-state index is 12.4. The summed E-state index contributed by atoms with van der Waals surface area (Å²) in [5, 5.41) is 0.848. The fourth-order valence-corrected chi connectivity index (χ4v) is 2.84. The first-order chi connectivity index (χ1) is 9.76. The fourth-order valence-electron chi connectivity index (χ4n) is 1.96. The first kappa shape index (κ1) is 14.9. The number of carbonyl (C=O) groups excluding carboxylic acids is 1. The van der Waals surface area contributed by atoms with Crippen molar-refractivity contribution in [3.05, 3.63) is 41.6 Å². The normalized spacial score (nSPS) is 16.9. The van der Waals surface area contributed by atoms with E-state index in [4.69, 9.17) is 0 Å². The van der Waals surface area contributed by atoms with E-state index in [1.165, 1.54) is 0 Å². The lowest BCUT2D eigenvalue weighted by molar-refractivity contribution is -0.122. The maximum atomic E-state index is 12.4. The average Bonchev–Trinajstić information content (AvgIpc) is 2.75. The molecule has 0 saturated heterocycles. The van der Waals surface area contributed by atoms with Gasteiger partial charge in [-0.3, -0.25) is 9.69 Å². The van der Waals surface area contributed by atoms with Gasteiger partial charge in [0.15, 0.2) is 5.17 Å². The van der Waals surface area contributed by atoms with Crippen LogP contribution < -0.4 is 0 Å². The minimum Gasteiger partial charge on any atom is -0.286 e. The fraction of sp³-hybridized carbons (Fsp3) is 0.375. The van der Waals surface area contributed by atoms with Gasteiger partial charge in [-0.15, -0.1) is 0 Å². The molecule has 1 aromatic carbocycles. The number of benzene rings is 1. The van der Waals surface area contributed by atoms with Gasteiger partial charge in [-0.2, -0.15) is 0 Å². The van der Waals surface area contributed by atoms with Gasteiger partial charge in [-0.1, -0.05) is 55.9 Å². The summed E-state index contributed by atoms with van der Waals surface area (Å²) < 4.78 is 0. The second kappa shape index (κ2) is 7.29. The van der Waals surface area contributed by atoms with Gasteiger partial charge in [0, 0.05) is 12.3 Å². The van der Waals surface area contributed by atoms with Crippen molar-refractivity contribution in [2.24, 2.45) is 4.99 Å². The van der Waals surface area contributed by atoms with Crippen LogP contribution in [-0.2, 0) is 4.79 Å². The summed E-state index contributed by atoms with van der Waals surface area (Å²) in [5.41, 5.74) is 1.56. The van der Waals surface area contributed by atoms with Gasteiger partial charge in [-0.25, -0.2) is 4.99 Å². The van der Waals surface area contributed by atoms with Crippen LogP contribution in [0.2, 0.25) is 0 Å². The lowest BCUT2D eigenvalue weighted by Gasteiger charge is -2.16. The highest BCUT2D eigenvalue weighted by molar-refractivity contribution is 8.13. The van der Waals surface area contributed by atoms with E-state index in [9.17, 15) is 4.79 Å². The van der Waals surface area contributed by atoms with Gasteiger partial charge in [0.1, 0.15) is 5.70 Å². The van der Waals surface area contributed by atoms with Gasteiger partial charge >= 0.3 is 0 Å². The molecule has 2 rings (SSSR count). The Hall–Kier alpha value is -1.55. The van der Waals surface area contributed by atoms with Crippen molar-refractivity contribution >= 4 is 28.9 Å². The molecule has 3 nitrogen and oxygen atoms in total. The number of thioether (sulfide) groups is 1. The van der Waals surface area contributed by atoms with E-state index in [1.54, 1.807) is 16.7 Å². The highest BCUT2D eigenvalue weighted by atomic mass is 32.2. The number of amides is 1. The van der Waals surface area contributed by atoms with Crippen molar-refractivity contribution in [1.82, 2.24) is 4.90 Å². The lowest BCUT2D eigenvalue weighted by Crippen LogP contribution is -2.31. The minimum atomic E-state index is 0.0225. The van der Waals surface area contributed by atoms with E-state index in [-0.39, 0.29) is 5.91 Å². The van der Waals surface area contributed by atoms with E-state index in [1.807, 2.05) is 36.4 Å². The Kier molecular flexibility index (Phi) is 5.41. The Bertz CT molecular complexity index is 523. The molecule has 4 heteroatoms. The molecule has 0 fully saturated rings. The second-order valence-electron chi connectivity index (χ2n) is 4.64. The van der Waals surface area contributed by atoms with Crippen molar-refractivity contribution in [3.8, 4) is 0 Å². The molecule has 106 valence electrons. The number of carbonyl (C=O) groups is 1. The van der Waals surface area contributed by atoms with Crippen LogP contribution in [0.5, 0.6) is 0 Å². The number of hydrogen-bond acceptors (Lipinski definition) is 3. The van der Waals surface area contributed by atoms with Crippen LogP contribution in [-0.4, -0.2) is 28.3 Å². The molecule has 0 spiro atoms. The van der Waals surface area contributed by atoms with Crippen molar-refractivity contribution in [2.45, 2.75) is 26.7 Å². The average molecular weight is 288 g/mol. The van der Waals surface area contributed by atoms with Crippen LogP contribution in [0.25, 0.3) is 6.08 Å². The highest BCUT2D eigenvalue weighted by Gasteiger charge is 2.29. The number of rotatable bonds is 5. The molecule has 0 aliphatic carbocycles. The molecule has 0 radical (unpaired) electrons. The Morgan fingerprint density at radius 1 is 1.20 bits per heavy atom. The van der Waals surface area contributed by atoms with Gasteiger partial charge in [0.2, 0.25) is 0 Å². The summed E-state index contributed by atoms with van der Waals surface area (Å²) in [5.74, 6) is 1.01. The highest BCUT2D eigenvalue weighted by Crippen LogP contribution is 2.24. The Morgan fingerprint density at radius 3 is 2.60 bits per heavy atom. The molecule has 20 heavy (non-hydrogen) atoms. The van der Waals surface area contributed by atoms with E-state index in [2.05, 4.69) is 18.8 Å². The van der Waals surface area contributed by atoms with E-state index >= 15 is 0 Å². The Balaban J connectivity index is 2.23. The third-order valence-electron chi connectivity index (χ3n) is 2.90. The minimum absolute atomic E-state index is 0.0225. The SMILES string of the molecule is CCCSC1=N/C(=C/c2ccccc2)C(=O)N1CCC. The van der Waals surface area contributed by atoms with Gasteiger partial charge in [0.25, 0.3) is 5.91 Å². The van der Waals surface area contributed by atoms with Crippen LogP contribution in [0.4, 0.5) is 0 Å². The summed E-state index contributed by atoms with van der Waals surface area (Å²) in [6, 6.07) is 9.86. The summed E-state index contributed by atoms with van der Waals surface area (Å²) >= 11 is 1.66. The predicted molar refractivity (Wildman–Crippen MR) is 86.6 cm³/mol. The van der Waals surface area contributed by atoms with Crippen LogP contribution >= 0.6 is 11.8 Å². The molecule has 1 aliphatic heterocycles. The van der Waals surface area contributed by atoms with Crippen molar-refractivity contribution < 1.29 is 4.79 Å². The molecule has 1 heterocycles. The molecular formula is C16H20N2OS. The lowest BCUT2D eigenvalue weighted by atomic mass is 10.2. The first-order valence-corrected chi connectivity index (χ1v) is 8.05. The molecule has 1 aliphatic rings.